The zero-order chi connectivity index (χ0) is 23.3. The van der Waals surface area contributed by atoms with Gasteiger partial charge in [-0.3, -0.25) is 19.9 Å². The van der Waals surface area contributed by atoms with Gasteiger partial charge in [-0.05, 0) is 24.1 Å². The van der Waals surface area contributed by atoms with Crippen LogP contribution in [0.1, 0.15) is 12.5 Å². The van der Waals surface area contributed by atoms with Gasteiger partial charge in [-0.1, -0.05) is 31.2 Å². The number of carbonyl (C=O) groups is 2. The molecular weight excluding hydrogens is 425 g/mol. The third-order valence-corrected chi connectivity index (χ3v) is 6.76. The molecule has 0 radical (unpaired) electrons. The van der Waals surface area contributed by atoms with Crippen molar-refractivity contribution < 1.29 is 18.7 Å². The molecule has 0 aliphatic carbocycles. The summed E-state index contributed by atoms with van der Waals surface area (Å²) >= 11 is 0. The standard InChI is InChI=1S/C24H28FN5O3/c1-15-12-28(17-8-6-9-18(11-17)33-3)23-26-21-20(29(23)13-15)22(31)30(24(32)27(21)2)14-16-7-4-5-10-19(16)25/h4-11,15,20-21,23,26H,12-14H2,1-3H3. The maximum absolute atomic E-state index is 14.3. The summed E-state index contributed by atoms with van der Waals surface area (Å²) in [7, 11) is 3.32. The SMILES string of the molecule is COc1cccc(N2CC(C)CN3C4C(=O)N(Cc5ccccc5F)C(=O)N(C)C4NC23)c1. The quantitative estimate of drug-likeness (QED) is 0.766. The zero-order valence-corrected chi connectivity index (χ0v) is 18.9. The Balaban J connectivity index is 1.47. The molecule has 3 amide bonds. The molecule has 174 valence electrons. The van der Waals surface area contributed by atoms with Crippen molar-refractivity contribution >= 4 is 17.6 Å². The second kappa shape index (κ2) is 8.31. The highest BCUT2D eigenvalue weighted by Crippen LogP contribution is 2.35. The molecule has 2 aromatic carbocycles. The monoisotopic (exact) mass is 453 g/mol. The molecule has 2 aromatic rings. The first-order chi connectivity index (χ1) is 15.9. The third kappa shape index (κ3) is 3.61. The van der Waals surface area contributed by atoms with Crippen molar-refractivity contribution in [2.75, 3.05) is 32.1 Å². The van der Waals surface area contributed by atoms with Crippen molar-refractivity contribution in [1.82, 2.24) is 20.0 Å². The molecule has 33 heavy (non-hydrogen) atoms. The number of imide groups is 1. The fourth-order valence-corrected chi connectivity index (χ4v) is 5.15. The van der Waals surface area contributed by atoms with Crippen LogP contribution in [0.4, 0.5) is 14.9 Å². The molecule has 3 saturated heterocycles. The van der Waals surface area contributed by atoms with Crippen molar-refractivity contribution in [2.24, 2.45) is 5.92 Å². The van der Waals surface area contributed by atoms with E-state index in [9.17, 15) is 14.0 Å². The Labute approximate surface area is 192 Å². The summed E-state index contributed by atoms with van der Waals surface area (Å²) in [5.74, 6) is 0.318. The number of urea groups is 1. The molecule has 1 N–H and O–H groups in total. The summed E-state index contributed by atoms with van der Waals surface area (Å²) < 4.78 is 19.7. The number of ether oxygens (including phenoxy) is 1. The van der Waals surface area contributed by atoms with Crippen LogP contribution in [0.5, 0.6) is 5.75 Å². The lowest BCUT2D eigenvalue weighted by Gasteiger charge is -2.46. The van der Waals surface area contributed by atoms with Crippen LogP contribution in [-0.2, 0) is 11.3 Å². The number of hydrogen-bond acceptors (Lipinski definition) is 6. The van der Waals surface area contributed by atoms with E-state index in [0.717, 1.165) is 18.0 Å². The number of rotatable bonds is 4. The van der Waals surface area contributed by atoms with Gasteiger partial charge in [-0.25, -0.2) is 9.18 Å². The maximum atomic E-state index is 14.3. The molecular formula is C24H28FN5O3. The Morgan fingerprint density at radius 3 is 2.67 bits per heavy atom. The Morgan fingerprint density at radius 1 is 1.12 bits per heavy atom. The van der Waals surface area contributed by atoms with Gasteiger partial charge in [0.05, 0.1) is 13.7 Å². The number of likely N-dealkylation sites (N-methyl/N-ethyl adjacent to an activating group) is 1. The Morgan fingerprint density at radius 2 is 1.91 bits per heavy atom. The second-order valence-electron chi connectivity index (χ2n) is 9.00. The Kier molecular flexibility index (Phi) is 5.46. The summed E-state index contributed by atoms with van der Waals surface area (Å²) in [6, 6.07) is 13.1. The summed E-state index contributed by atoms with van der Waals surface area (Å²) in [4.78, 5) is 33.8. The summed E-state index contributed by atoms with van der Waals surface area (Å²) in [5, 5.41) is 3.50. The van der Waals surface area contributed by atoms with E-state index in [2.05, 4.69) is 22.0 Å². The maximum Gasteiger partial charge on any atom is 0.328 e. The lowest BCUT2D eigenvalue weighted by atomic mass is 10.0. The molecule has 0 spiro atoms. The van der Waals surface area contributed by atoms with Crippen LogP contribution in [0.25, 0.3) is 0 Å². The fourth-order valence-electron chi connectivity index (χ4n) is 5.15. The average molecular weight is 454 g/mol. The number of benzene rings is 2. The van der Waals surface area contributed by atoms with Gasteiger partial charge in [-0.15, -0.1) is 0 Å². The molecule has 3 aliphatic rings. The summed E-state index contributed by atoms with van der Waals surface area (Å²) in [6.07, 6.45) is -0.721. The average Bonchev–Trinajstić information content (AvgIpc) is 3.20. The minimum atomic E-state index is -0.555. The van der Waals surface area contributed by atoms with Gasteiger partial charge >= 0.3 is 6.03 Å². The van der Waals surface area contributed by atoms with Crippen LogP contribution in [0.3, 0.4) is 0 Å². The van der Waals surface area contributed by atoms with Crippen LogP contribution in [0.15, 0.2) is 48.5 Å². The highest BCUT2D eigenvalue weighted by molar-refractivity contribution is 6.00. The second-order valence-corrected chi connectivity index (χ2v) is 9.00. The number of nitrogens with zero attached hydrogens (tertiary/aromatic N) is 4. The number of nitrogens with one attached hydrogen (secondary N) is 1. The third-order valence-electron chi connectivity index (χ3n) is 6.76. The van der Waals surface area contributed by atoms with E-state index >= 15 is 0 Å². The molecule has 5 rings (SSSR count). The predicted molar refractivity (Wildman–Crippen MR) is 121 cm³/mol. The molecule has 8 nitrogen and oxygen atoms in total. The van der Waals surface area contributed by atoms with E-state index in [1.807, 2.05) is 24.3 Å². The first-order valence-corrected chi connectivity index (χ1v) is 11.1. The highest BCUT2D eigenvalue weighted by atomic mass is 19.1. The lowest BCUT2D eigenvalue weighted by Crippen LogP contribution is -2.66. The van der Waals surface area contributed by atoms with E-state index in [4.69, 9.17) is 4.74 Å². The largest absolute Gasteiger partial charge is 0.497 e. The molecule has 3 heterocycles. The van der Waals surface area contributed by atoms with Crippen molar-refractivity contribution in [2.45, 2.75) is 32.0 Å². The van der Waals surface area contributed by atoms with E-state index in [-0.39, 0.29) is 18.7 Å². The molecule has 3 aliphatic heterocycles. The highest BCUT2D eigenvalue weighted by Gasteiger charge is 2.56. The molecule has 4 atom stereocenters. The Hall–Kier alpha value is -3.17. The van der Waals surface area contributed by atoms with E-state index < -0.39 is 24.1 Å². The number of halogens is 1. The van der Waals surface area contributed by atoms with Crippen LogP contribution in [0, 0.1) is 11.7 Å². The smallest absolute Gasteiger partial charge is 0.328 e. The van der Waals surface area contributed by atoms with Gasteiger partial charge in [0, 0.05) is 37.5 Å². The van der Waals surface area contributed by atoms with Crippen LogP contribution < -0.4 is 15.0 Å². The first kappa shape index (κ1) is 21.7. The number of methoxy groups -OCH3 is 1. The van der Waals surface area contributed by atoms with Gasteiger partial charge in [0.15, 0.2) is 0 Å². The van der Waals surface area contributed by atoms with Crippen molar-refractivity contribution in [3.63, 3.8) is 0 Å². The predicted octanol–water partition coefficient (Wildman–Crippen LogP) is 2.27. The molecule has 3 fully saturated rings. The zero-order valence-electron chi connectivity index (χ0n) is 18.9. The first-order valence-electron chi connectivity index (χ1n) is 11.1. The van der Waals surface area contributed by atoms with Crippen LogP contribution in [0.2, 0.25) is 0 Å². The molecule has 4 unspecified atom stereocenters. The fraction of sp³-hybridized carbons (Fsp3) is 0.417. The molecule has 0 bridgehead atoms. The summed E-state index contributed by atoms with van der Waals surface area (Å²) in [5.41, 5.74) is 1.30. The normalized spacial score (nSPS) is 27.6. The van der Waals surface area contributed by atoms with Crippen LogP contribution >= 0.6 is 0 Å². The minimum absolute atomic E-state index is 0.0917. The Bertz CT molecular complexity index is 1080. The van der Waals surface area contributed by atoms with Gasteiger partial charge in [0.1, 0.15) is 30.1 Å². The topological polar surface area (TPSA) is 68.4 Å². The van der Waals surface area contributed by atoms with Crippen LogP contribution in [-0.4, -0.2) is 72.4 Å². The molecule has 9 heteroatoms. The number of hydrogen-bond donors (Lipinski definition) is 1. The van der Waals surface area contributed by atoms with Crippen molar-refractivity contribution in [3.8, 4) is 5.75 Å². The van der Waals surface area contributed by atoms with E-state index in [1.165, 1.54) is 11.0 Å². The number of amides is 3. The van der Waals surface area contributed by atoms with Gasteiger partial charge in [0.2, 0.25) is 0 Å². The van der Waals surface area contributed by atoms with Gasteiger partial charge in [0.25, 0.3) is 5.91 Å². The van der Waals surface area contributed by atoms with E-state index in [0.29, 0.717) is 18.0 Å². The lowest BCUT2D eigenvalue weighted by molar-refractivity contribution is -0.139. The molecule has 0 saturated carbocycles. The minimum Gasteiger partial charge on any atom is -0.497 e. The number of anilines is 1. The van der Waals surface area contributed by atoms with Crippen molar-refractivity contribution in [1.29, 1.82) is 0 Å². The van der Waals surface area contributed by atoms with E-state index in [1.54, 1.807) is 37.3 Å². The molecule has 0 aromatic heterocycles. The van der Waals surface area contributed by atoms with Gasteiger partial charge < -0.3 is 14.5 Å². The van der Waals surface area contributed by atoms with Crippen molar-refractivity contribution in [3.05, 3.63) is 59.9 Å². The number of carbonyl (C=O) groups excluding carboxylic acids is 2. The number of fused-ring (bicyclic) bond motifs is 3. The summed E-state index contributed by atoms with van der Waals surface area (Å²) in [6.45, 7) is 3.56. The van der Waals surface area contributed by atoms with Gasteiger partial charge in [-0.2, -0.15) is 0 Å².